The molecule has 10 heteroatoms. The molecule has 216 valence electrons. The second-order valence-corrected chi connectivity index (χ2v) is 10.5. The molecule has 0 amide bonds. The van der Waals surface area contributed by atoms with Crippen LogP contribution in [0.1, 0.15) is 33.4 Å². The van der Waals surface area contributed by atoms with Crippen LogP contribution in [0.5, 0.6) is 0 Å². The van der Waals surface area contributed by atoms with Gasteiger partial charge in [-0.2, -0.15) is 42.1 Å². The Morgan fingerprint density at radius 1 is 0.591 bits per heavy atom. The summed E-state index contributed by atoms with van der Waals surface area (Å²) in [5.41, 5.74) is 3.47. The lowest BCUT2D eigenvalue weighted by molar-refractivity contribution is -0.138. The maximum absolute atomic E-state index is 13.2. The molecule has 1 aliphatic heterocycles. The normalized spacial score (nSPS) is 14.1. The van der Waals surface area contributed by atoms with Crippen molar-refractivity contribution in [3.8, 4) is 51.6 Å². The average molecular weight is 597 g/mol. The van der Waals surface area contributed by atoms with Gasteiger partial charge in [0.15, 0.2) is 0 Å². The molecule has 1 N–H and O–H groups in total. The van der Waals surface area contributed by atoms with Crippen LogP contribution in [0.3, 0.4) is 0 Å². The van der Waals surface area contributed by atoms with Crippen molar-refractivity contribution < 1.29 is 26.3 Å². The summed E-state index contributed by atoms with van der Waals surface area (Å²) in [5, 5.41) is 33.5. The summed E-state index contributed by atoms with van der Waals surface area (Å²) in [6.07, 6.45) is -9.07. The van der Waals surface area contributed by atoms with Crippen molar-refractivity contribution in [2.45, 2.75) is 12.4 Å². The molecule has 4 nitrogen and oxygen atoms in total. The number of alkyl halides is 6. The first-order valence-electron chi connectivity index (χ1n) is 13.3. The molecule has 0 radical (unpaired) electrons. The van der Waals surface area contributed by atoms with Gasteiger partial charge in [0.1, 0.15) is 0 Å². The summed E-state index contributed by atoms with van der Waals surface area (Å²) in [6, 6.07) is 22.0. The first kappa shape index (κ1) is 28.7. The number of nitrogens with one attached hydrogen (secondary N) is 1. The van der Waals surface area contributed by atoms with Gasteiger partial charge in [0.25, 0.3) is 0 Å². The fourth-order valence-electron chi connectivity index (χ4n) is 5.68. The number of rotatable bonds is 3. The average Bonchev–Trinajstić information content (AvgIpc) is 3.28. The van der Waals surface area contributed by atoms with Gasteiger partial charge >= 0.3 is 12.4 Å². The number of nitrogens with zero attached hydrogens (tertiary/aromatic N) is 3. The Bertz CT molecular complexity index is 1850. The van der Waals surface area contributed by atoms with E-state index < -0.39 is 23.5 Å². The maximum atomic E-state index is 13.2. The number of hydrogen-bond donors (Lipinski definition) is 1. The summed E-state index contributed by atoms with van der Waals surface area (Å²) in [7, 11) is 0. The van der Waals surface area contributed by atoms with Crippen molar-refractivity contribution in [1.82, 2.24) is 5.32 Å². The molecule has 44 heavy (non-hydrogen) atoms. The van der Waals surface area contributed by atoms with Crippen LogP contribution in [-0.2, 0) is 12.4 Å². The fourth-order valence-corrected chi connectivity index (χ4v) is 5.68. The third-order valence-corrected chi connectivity index (χ3v) is 8.01. The van der Waals surface area contributed by atoms with Crippen molar-refractivity contribution in [1.29, 1.82) is 15.8 Å². The highest BCUT2D eigenvalue weighted by Crippen LogP contribution is 2.51. The van der Waals surface area contributed by atoms with Gasteiger partial charge in [-0.15, -0.1) is 0 Å². The summed E-state index contributed by atoms with van der Waals surface area (Å²) < 4.78 is 79.3. The van der Waals surface area contributed by atoms with Crippen LogP contribution in [0.2, 0.25) is 0 Å². The molecule has 0 saturated carbocycles. The summed E-state index contributed by atoms with van der Waals surface area (Å²) in [5.74, 6) is -0.117. The Hall–Kier alpha value is -5.37. The SMILES string of the molecule is N#CC(=C1c2cc(C#N)c(-c3ccc(C(F)(F)F)cc3)cc2-c2cc(-c3ccc(C(F)(F)F)cc3)c(C#N)cc21)C1CNC1. The molecule has 4 aromatic rings. The molecular formula is C34H18F6N4. The van der Waals surface area contributed by atoms with Crippen LogP contribution < -0.4 is 5.32 Å². The van der Waals surface area contributed by atoms with E-state index in [0.29, 0.717) is 68.7 Å². The first-order chi connectivity index (χ1) is 20.9. The maximum Gasteiger partial charge on any atom is 0.416 e. The Morgan fingerprint density at radius 2 is 1.00 bits per heavy atom. The van der Waals surface area contributed by atoms with Gasteiger partial charge in [-0.3, -0.25) is 0 Å². The monoisotopic (exact) mass is 596 g/mol. The Labute approximate surface area is 247 Å². The lowest BCUT2D eigenvalue weighted by Gasteiger charge is -2.28. The molecule has 1 heterocycles. The second-order valence-electron chi connectivity index (χ2n) is 10.5. The Kier molecular flexibility index (Phi) is 6.80. The van der Waals surface area contributed by atoms with Crippen LogP contribution in [0.25, 0.3) is 39.0 Å². The lowest BCUT2D eigenvalue weighted by Crippen LogP contribution is -2.43. The largest absolute Gasteiger partial charge is 0.416 e. The van der Waals surface area contributed by atoms with E-state index in [1.54, 1.807) is 24.3 Å². The Balaban J connectivity index is 1.61. The molecule has 1 aliphatic carbocycles. The number of benzene rings is 4. The summed E-state index contributed by atoms with van der Waals surface area (Å²) in [4.78, 5) is 0. The van der Waals surface area contributed by atoms with E-state index in [1.165, 1.54) is 24.3 Å². The molecule has 0 spiro atoms. The quantitative estimate of drug-likeness (QED) is 0.168. The lowest BCUT2D eigenvalue weighted by atomic mass is 9.85. The summed E-state index contributed by atoms with van der Waals surface area (Å²) >= 11 is 0. The summed E-state index contributed by atoms with van der Waals surface area (Å²) in [6.45, 7) is 1.11. The van der Waals surface area contributed by atoms with E-state index in [9.17, 15) is 42.1 Å². The molecular weight excluding hydrogens is 578 g/mol. The molecule has 2 aliphatic rings. The molecule has 0 aromatic heterocycles. The highest BCUT2D eigenvalue weighted by Gasteiger charge is 2.35. The van der Waals surface area contributed by atoms with Gasteiger partial charge in [-0.1, -0.05) is 24.3 Å². The highest BCUT2D eigenvalue weighted by molar-refractivity contribution is 6.06. The van der Waals surface area contributed by atoms with Crippen LogP contribution in [-0.4, -0.2) is 13.1 Å². The third kappa shape index (κ3) is 4.78. The van der Waals surface area contributed by atoms with Crippen molar-refractivity contribution in [3.63, 3.8) is 0 Å². The van der Waals surface area contributed by atoms with E-state index >= 15 is 0 Å². The topological polar surface area (TPSA) is 83.4 Å². The van der Waals surface area contributed by atoms with E-state index in [-0.39, 0.29) is 17.0 Å². The van der Waals surface area contributed by atoms with Gasteiger partial charge < -0.3 is 5.32 Å². The third-order valence-electron chi connectivity index (χ3n) is 8.01. The Morgan fingerprint density at radius 3 is 1.30 bits per heavy atom. The zero-order valence-electron chi connectivity index (χ0n) is 22.5. The molecule has 0 atom stereocenters. The van der Waals surface area contributed by atoms with E-state index in [1.807, 2.05) is 0 Å². The molecule has 1 fully saturated rings. The zero-order chi connectivity index (χ0) is 31.4. The van der Waals surface area contributed by atoms with Gasteiger partial charge in [0.2, 0.25) is 0 Å². The standard InChI is InChI=1S/C34H18F6N4/c35-33(36,37)23-5-1-18(2-6-23)25-11-27-28-12-26(19-3-7-24(8-4-19)34(38,39)40)21(14-42)10-30(28)32(29(27)9-20(25)13-41)31(15-43)22-16-44-17-22/h1-12,22,44H,16-17H2. The van der Waals surface area contributed by atoms with Crippen molar-refractivity contribution in [3.05, 3.63) is 112 Å². The number of hydrogen-bond acceptors (Lipinski definition) is 4. The number of halogens is 6. The van der Waals surface area contributed by atoms with Crippen molar-refractivity contribution >= 4 is 5.57 Å². The van der Waals surface area contributed by atoms with Crippen LogP contribution in [0.15, 0.2) is 78.4 Å². The van der Waals surface area contributed by atoms with E-state index in [0.717, 1.165) is 24.3 Å². The highest BCUT2D eigenvalue weighted by atomic mass is 19.4. The minimum Gasteiger partial charge on any atom is -0.315 e. The predicted octanol–water partition coefficient (Wildman–Crippen LogP) is 8.33. The van der Waals surface area contributed by atoms with Crippen molar-refractivity contribution in [2.24, 2.45) is 5.92 Å². The zero-order valence-corrected chi connectivity index (χ0v) is 22.5. The van der Waals surface area contributed by atoms with Crippen LogP contribution in [0, 0.1) is 39.9 Å². The molecule has 6 rings (SSSR count). The van der Waals surface area contributed by atoms with Crippen LogP contribution in [0.4, 0.5) is 26.3 Å². The molecule has 1 saturated heterocycles. The molecule has 0 bridgehead atoms. The molecule has 0 unspecified atom stereocenters. The van der Waals surface area contributed by atoms with Crippen molar-refractivity contribution in [2.75, 3.05) is 13.1 Å². The van der Waals surface area contributed by atoms with E-state index in [2.05, 4.69) is 23.5 Å². The molecule has 4 aromatic carbocycles. The van der Waals surface area contributed by atoms with Gasteiger partial charge in [-0.25, -0.2) is 0 Å². The van der Waals surface area contributed by atoms with Gasteiger partial charge in [0, 0.05) is 41.3 Å². The van der Waals surface area contributed by atoms with Gasteiger partial charge in [-0.05, 0) is 81.9 Å². The second kappa shape index (κ2) is 10.4. The number of fused-ring (bicyclic) bond motifs is 3. The predicted molar refractivity (Wildman–Crippen MR) is 150 cm³/mol. The smallest absolute Gasteiger partial charge is 0.315 e. The fraction of sp³-hybridized carbons (Fsp3) is 0.147. The minimum absolute atomic E-state index is 0.117. The van der Waals surface area contributed by atoms with Crippen LogP contribution >= 0.6 is 0 Å². The minimum atomic E-state index is -4.54. The van der Waals surface area contributed by atoms with Gasteiger partial charge in [0.05, 0.1) is 40.5 Å². The first-order valence-corrected chi connectivity index (χ1v) is 13.3. The van der Waals surface area contributed by atoms with E-state index in [4.69, 9.17) is 0 Å². The number of nitriles is 3.